The van der Waals surface area contributed by atoms with Crippen molar-refractivity contribution in [2.45, 2.75) is 38.4 Å². The van der Waals surface area contributed by atoms with Crippen molar-refractivity contribution in [3.63, 3.8) is 0 Å². The number of unbranched alkanes of at least 4 members (excludes halogenated alkanes) is 1. The van der Waals surface area contributed by atoms with E-state index >= 15 is 0 Å². The summed E-state index contributed by atoms with van der Waals surface area (Å²) < 4.78 is 38.3. The van der Waals surface area contributed by atoms with Crippen LogP contribution in [0.3, 0.4) is 0 Å². The van der Waals surface area contributed by atoms with E-state index in [-0.39, 0.29) is 18.4 Å². The summed E-state index contributed by atoms with van der Waals surface area (Å²) in [5.41, 5.74) is 5.77. The molecule has 0 aliphatic carbocycles. The third-order valence-corrected chi connectivity index (χ3v) is 3.31. The van der Waals surface area contributed by atoms with Crippen LogP contribution in [-0.2, 0) is 6.18 Å². The fraction of sp³-hybridized carbons (Fsp3) is 0.500. The SMILES string of the molecule is CCCC[C@@H](N)c1cc(C(F)(F)F)ccc1Br.Cl. The van der Waals surface area contributed by atoms with E-state index in [1.807, 2.05) is 6.92 Å². The second kappa shape index (κ2) is 7.36. The van der Waals surface area contributed by atoms with Crippen molar-refractivity contribution in [2.24, 2.45) is 5.73 Å². The smallest absolute Gasteiger partial charge is 0.324 e. The highest BCUT2D eigenvalue weighted by atomic mass is 79.9. The van der Waals surface area contributed by atoms with Crippen LogP contribution < -0.4 is 5.73 Å². The van der Waals surface area contributed by atoms with Crippen molar-refractivity contribution < 1.29 is 13.2 Å². The average molecular weight is 347 g/mol. The maximum Gasteiger partial charge on any atom is 0.416 e. The van der Waals surface area contributed by atoms with Gasteiger partial charge in [-0.25, -0.2) is 0 Å². The maximum absolute atomic E-state index is 12.6. The molecule has 0 saturated heterocycles. The van der Waals surface area contributed by atoms with Gasteiger partial charge < -0.3 is 5.73 Å². The summed E-state index contributed by atoms with van der Waals surface area (Å²) in [6, 6.07) is 3.24. The third kappa shape index (κ3) is 4.78. The molecule has 0 aliphatic heterocycles. The van der Waals surface area contributed by atoms with Gasteiger partial charge in [0.25, 0.3) is 0 Å². The minimum absolute atomic E-state index is 0. The van der Waals surface area contributed by atoms with Crippen LogP contribution in [0.2, 0.25) is 0 Å². The quantitative estimate of drug-likeness (QED) is 0.808. The van der Waals surface area contributed by atoms with Crippen LogP contribution in [0.1, 0.15) is 43.4 Å². The molecule has 0 unspecified atom stereocenters. The fourth-order valence-corrected chi connectivity index (χ4v) is 2.12. The fourth-order valence-electron chi connectivity index (χ4n) is 1.58. The zero-order chi connectivity index (χ0) is 13.1. The molecule has 18 heavy (non-hydrogen) atoms. The van der Waals surface area contributed by atoms with E-state index in [1.165, 1.54) is 6.07 Å². The number of benzene rings is 1. The minimum Gasteiger partial charge on any atom is -0.324 e. The number of hydrogen-bond donors (Lipinski definition) is 1. The van der Waals surface area contributed by atoms with Crippen LogP contribution in [0.5, 0.6) is 0 Å². The Balaban J connectivity index is 0.00000289. The highest BCUT2D eigenvalue weighted by molar-refractivity contribution is 9.10. The summed E-state index contributed by atoms with van der Waals surface area (Å²) in [4.78, 5) is 0. The lowest BCUT2D eigenvalue weighted by Gasteiger charge is -2.16. The van der Waals surface area contributed by atoms with Crippen molar-refractivity contribution in [2.75, 3.05) is 0 Å². The van der Waals surface area contributed by atoms with Gasteiger partial charge >= 0.3 is 6.18 Å². The van der Waals surface area contributed by atoms with Crippen molar-refractivity contribution >= 4 is 28.3 Å². The van der Waals surface area contributed by atoms with Gasteiger partial charge in [0.15, 0.2) is 0 Å². The lowest BCUT2D eigenvalue weighted by Crippen LogP contribution is -2.13. The molecule has 1 nitrogen and oxygen atoms in total. The molecule has 1 rings (SSSR count). The molecule has 1 aromatic rings. The first-order valence-electron chi connectivity index (χ1n) is 5.48. The molecular weight excluding hydrogens is 330 g/mol. The zero-order valence-corrected chi connectivity index (χ0v) is 12.3. The van der Waals surface area contributed by atoms with Gasteiger partial charge in [0, 0.05) is 10.5 Å². The normalized spacial score (nSPS) is 13.0. The average Bonchev–Trinajstić information content (AvgIpc) is 2.24. The molecule has 1 aromatic carbocycles. The van der Waals surface area contributed by atoms with E-state index in [0.717, 1.165) is 25.0 Å². The van der Waals surface area contributed by atoms with Crippen LogP contribution in [0.4, 0.5) is 13.2 Å². The number of hydrogen-bond acceptors (Lipinski definition) is 1. The van der Waals surface area contributed by atoms with E-state index < -0.39 is 11.7 Å². The van der Waals surface area contributed by atoms with Crippen molar-refractivity contribution in [1.82, 2.24) is 0 Å². The molecule has 0 aromatic heterocycles. The molecule has 0 radical (unpaired) electrons. The van der Waals surface area contributed by atoms with E-state index in [9.17, 15) is 13.2 Å². The van der Waals surface area contributed by atoms with Crippen molar-refractivity contribution in [3.05, 3.63) is 33.8 Å². The third-order valence-electron chi connectivity index (χ3n) is 2.59. The van der Waals surface area contributed by atoms with Gasteiger partial charge in [0.05, 0.1) is 5.56 Å². The molecule has 104 valence electrons. The summed E-state index contributed by atoms with van der Waals surface area (Å²) in [7, 11) is 0. The first-order chi connectivity index (χ1) is 7.86. The highest BCUT2D eigenvalue weighted by Crippen LogP contribution is 2.34. The number of rotatable bonds is 4. The standard InChI is InChI=1S/C12H15BrF3N.ClH/c1-2-3-4-11(17)9-7-8(12(14,15)16)5-6-10(9)13;/h5-7,11H,2-4,17H2,1H3;1H/t11-;/m1./s1. The molecule has 0 fully saturated rings. The lowest BCUT2D eigenvalue weighted by molar-refractivity contribution is -0.137. The van der Waals surface area contributed by atoms with Crippen molar-refractivity contribution in [3.8, 4) is 0 Å². The minimum atomic E-state index is -4.32. The summed E-state index contributed by atoms with van der Waals surface area (Å²) in [5.74, 6) is 0. The lowest BCUT2D eigenvalue weighted by atomic mass is 10.00. The molecule has 0 heterocycles. The second-order valence-corrected chi connectivity index (χ2v) is 4.84. The molecular formula is C12H16BrClF3N. The number of alkyl halides is 3. The van der Waals surface area contributed by atoms with Crippen LogP contribution in [0.15, 0.2) is 22.7 Å². The van der Waals surface area contributed by atoms with Crippen molar-refractivity contribution in [1.29, 1.82) is 0 Å². The first-order valence-corrected chi connectivity index (χ1v) is 6.27. The van der Waals surface area contributed by atoms with Crippen LogP contribution in [0.25, 0.3) is 0 Å². The van der Waals surface area contributed by atoms with Gasteiger partial charge in [-0.2, -0.15) is 13.2 Å². The predicted molar refractivity (Wildman–Crippen MR) is 72.8 cm³/mol. The van der Waals surface area contributed by atoms with Gasteiger partial charge in [-0.15, -0.1) is 12.4 Å². The van der Waals surface area contributed by atoms with Crippen LogP contribution in [0, 0.1) is 0 Å². The highest BCUT2D eigenvalue weighted by Gasteiger charge is 2.31. The largest absolute Gasteiger partial charge is 0.416 e. The monoisotopic (exact) mass is 345 g/mol. The Hall–Kier alpha value is -0.260. The molecule has 0 spiro atoms. The molecule has 2 N–H and O–H groups in total. The van der Waals surface area contributed by atoms with Gasteiger partial charge in [0.1, 0.15) is 0 Å². The second-order valence-electron chi connectivity index (χ2n) is 3.98. The number of halogens is 5. The first kappa shape index (κ1) is 17.7. The van der Waals surface area contributed by atoms with Gasteiger partial charge in [-0.3, -0.25) is 0 Å². The molecule has 0 saturated carbocycles. The Kier molecular flexibility index (Phi) is 7.25. The van der Waals surface area contributed by atoms with Crippen LogP contribution >= 0.6 is 28.3 Å². The Bertz CT molecular complexity index is 382. The van der Waals surface area contributed by atoms with E-state index in [2.05, 4.69) is 15.9 Å². The maximum atomic E-state index is 12.6. The summed E-state index contributed by atoms with van der Waals surface area (Å²) in [5, 5.41) is 0. The predicted octanol–water partition coefficient (Wildman–Crippen LogP) is 5.08. The van der Waals surface area contributed by atoms with E-state index in [4.69, 9.17) is 5.73 Å². The van der Waals surface area contributed by atoms with E-state index in [0.29, 0.717) is 16.5 Å². The molecule has 0 amide bonds. The Morgan fingerprint density at radius 3 is 2.44 bits per heavy atom. The van der Waals surface area contributed by atoms with Crippen LogP contribution in [-0.4, -0.2) is 0 Å². The Morgan fingerprint density at radius 1 is 1.33 bits per heavy atom. The summed E-state index contributed by atoms with van der Waals surface area (Å²) in [6.07, 6.45) is -1.75. The molecule has 0 aliphatic rings. The van der Waals surface area contributed by atoms with E-state index in [1.54, 1.807) is 0 Å². The summed E-state index contributed by atoms with van der Waals surface area (Å²) >= 11 is 3.24. The number of nitrogens with two attached hydrogens (primary N) is 1. The molecule has 1 atom stereocenters. The topological polar surface area (TPSA) is 26.0 Å². The molecule has 0 bridgehead atoms. The van der Waals surface area contributed by atoms with Gasteiger partial charge in [-0.05, 0) is 30.2 Å². The molecule has 6 heteroatoms. The summed E-state index contributed by atoms with van der Waals surface area (Å²) in [6.45, 7) is 2.02. The van der Waals surface area contributed by atoms with Gasteiger partial charge in [-0.1, -0.05) is 35.7 Å². The zero-order valence-electron chi connectivity index (χ0n) is 9.93. The Morgan fingerprint density at radius 2 is 1.94 bits per heavy atom. The van der Waals surface area contributed by atoms with Gasteiger partial charge in [0.2, 0.25) is 0 Å². The Labute approximate surface area is 119 Å².